The number of carboxylic acid groups (broad SMARTS) is 2. The first-order valence-corrected chi connectivity index (χ1v) is 11.1. The summed E-state index contributed by atoms with van der Waals surface area (Å²) in [7, 11) is 0. The Morgan fingerprint density at radius 3 is 2.23 bits per heavy atom. The van der Waals surface area contributed by atoms with Crippen molar-refractivity contribution in [3.63, 3.8) is 0 Å². The van der Waals surface area contributed by atoms with Gasteiger partial charge in [-0.25, -0.2) is 4.79 Å². The molecule has 0 bridgehead atoms. The Balaban J connectivity index is 2.31. The number of aromatic nitrogens is 1. The maximum absolute atomic E-state index is 13.1. The summed E-state index contributed by atoms with van der Waals surface area (Å²) in [6, 6.07) is 3.69. The summed E-state index contributed by atoms with van der Waals surface area (Å²) in [6.07, 6.45) is 0.914. The van der Waals surface area contributed by atoms with Gasteiger partial charge in [0.05, 0.1) is 6.54 Å². The molecule has 35 heavy (non-hydrogen) atoms. The average molecular weight is 490 g/mol. The number of carbonyl (C=O) groups is 5. The number of fused-ring (bicyclic) bond motifs is 1. The maximum atomic E-state index is 13.1. The van der Waals surface area contributed by atoms with Crippen molar-refractivity contribution in [2.45, 2.75) is 51.2 Å². The number of nitrogens with one attached hydrogen (secondary N) is 4. The van der Waals surface area contributed by atoms with Crippen LogP contribution in [0.1, 0.15) is 32.3 Å². The molecule has 3 unspecified atom stereocenters. The zero-order valence-electron chi connectivity index (χ0n) is 19.5. The van der Waals surface area contributed by atoms with Crippen LogP contribution in [0.2, 0.25) is 0 Å². The van der Waals surface area contributed by atoms with Gasteiger partial charge in [-0.05, 0) is 24.0 Å². The average Bonchev–Trinajstić information content (AvgIpc) is 3.21. The smallest absolute Gasteiger partial charge is 0.326 e. The SMILES string of the molecule is CC(C)C(NC(=O)CN)C(=O)NC(Cc1c[nH]c2ccccc12)C(=O)NC(CCC(=O)O)C(=O)O. The highest BCUT2D eigenvalue weighted by Crippen LogP contribution is 2.19. The Hall–Kier alpha value is -3.93. The number of H-pyrrole nitrogens is 1. The lowest BCUT2D eigenvalue weighted by Crippen LogP contribution is -2.58. The van der Waals surface area contributed by atoms with Gasteiger partial charge in [0.1, 0.15) is 18.1 Å². The predicted molar refractivity (Wildman–Crippen MR) is 126 cm³/mol. The number of amides is 3. The fourth-order valence-electron chi connectivity index (χ4n) is 3.56. The summed E-state index contributed by atoms with van der Waals surface area (Å²) in [5, 5.41) is 26.6. The summed E-state index contributed by atoms with van der Waals surface area (Å²) in [5.74, 6) is -4.91. The van der Waals surface area contributed by atoms with E-state index in [-0.39, 0.29) is 25.3 Å². The highest BCUT2D eigenvalue weighted by molar-refractivity contribution is 5.94. The summed E-state index contributed by atoms with van der Waals surface area (Å²) in [4.78, 5) is 63.5. The van der Waals surface area contributed by atoms with Crippen molar-refractivity contribution in [2.75, 3.05) is 6.54 Å². The third-order valence-electron chi connectivity index (χ3n) is 5.44. The van der Waals surface area contributed by atoms with Gasteiger partial charge in [0.15, 0.2) is 0 Å². The largest absolute Gasteiger partial charge is 0.481 e. The number of hydrogen-bond donors (Lipinski definition) is 7. The van der Waals surface area contributed by atoms with E-state index in [1.54, 1.807) is 20.0 Å². The van der Waals surface area contributed by atoms with Crippen LogP contribution in [0.25, 0.3) is 10.9 Å². The minimum Gasteiger partial charge on any atom is -0.481 e. The van der Waals surface area contributed by atoms with Crippen LogP contribution in [0.4, 0.5) is 0 Å². The third kappa shape index (κ3) is 7.81. The molecule has 0 saturated heterocycles. The van der Waals surface area contributed by atoms with Crippen LogP contribution in [-0.4, -0.2) is 69.5 Å². The summed E-state index contributed by atoms with van der Waals surface area (Å²) < 4.78 is 0. The normalized spacial score (nSPS) is 13.6. The second-order valence-electron chi connectivity index (χ2n) is 8.45. The highest BCUT2D eigenvalue weighted by Gasteiger charge is 2.31. The summed E-state index contributed by atoms with van der Waals surface area (Å²) in [5.41, 5.74) is 6.85. The molecule has 1 aromatic heterocycles. The van der Waals surface area contributed by atoms with Crippen molar-refractivity contribution in [3.05, 3.63) is 36.0 Å². The lowest BCUT2D eigenvalue weighted by molar-refractivity contribution is -0.143. The molecule has 0 radical (unpaired) electrons. The number of rotatable bonds is 13. The molecule has 0 aliphatic rings. The molecule has 0 aliphatic heterocycles. The van der Waals surface area contributed by atoms with Crippen molar-refractivity contribution in [1.82, 2.24) is 20.9 Å². The first-order valence-electron chi connectivity index (χ1n) is 11.1. The van der Waals surface area contributed by atoms with Crippen LogP contribution >= 0.6 is 0 Å². The Labute approximate surface area is 201 Å². The fraction of sp³-hybridized carbons (Fsp3) is 0.435. The standard InChI is InChI=1S/C23H31N5O7/c1-12(2)20(28-18(29)10-24)22(33)27-17(9-13-11-25-15-6-4-3-5-14(13)15)21(32)26-16(23(34)35)7-8-19(30)31/h3-6,11-12,16-17,20,25H,7-10,24H2,1-2H3,(H,26,32)(H,27,33)(H,28,29)(H,30,31)(H,34,35). The minimum absolute atomic E-state index is 0.0164. The molecular formula is C23H31N5O7. The Morgan fingerprint density at radius 2 is 1.63 bits per heavy atom. The number of nitrogens with two attached hydrogens (primary N) is 1. The lowest BCUT2D eigenvalue weighted by Gasteiger charge is -2.26. The van der Waals surface area contributed by atoms with Gasteiger partial charge in [-0.1, -0.05) is 32.0 Å². The van der Waals surface area contributed by atoms with Gasteiger partial charge in [0.25, 0.3) is 0 Å². The number of hydrogen-bond acceptors (Lipinski definition) is 6. The molecule has 1 aromatic carbocycles. The molecule has 8 N–H and O–H groups in total. The van der Waals surface area contributed by atoms with Gasteiger partial charge in [-0.15, -0.1) is 0 Å². The number of carboxylic acids is 2. The van der Waals surface area contributed by atoms with Gasteiger partial charge in [0.2, 0.25) is 17.7 Å². The lowest BCUT2D eigenvalue weighted by atomic mass is 10.00. The maximum Gasteiger partial charge on any atom is 0.326 e. The van der Waals surface area contributed by atoms with Crippen LogP contribution < -0.4 is 21.7 Å². The molecule has 12 heteroatoms. The van der Waals surface area contributed by atoms with Crippen molar-refractivity contribution in [2.24, 2.45) is 11.7 Å². The van der Waals surface area contributed by atoms with E-state index in [0.717, 1.165) is 10.9 Å². The number of aromatic amines is 1. The van der Waals surface area contributed by atoms with Gasteiger partial charge < -0.3 is 36.9 Å². The molecule has 0 saturated carbocycles. The summed E-state index contributed by atoms with van der Waals surface area (Å²) in [6.45, 7) is 3.10. The zero-order valence-corrected chi connectivity index (χ0v) is 19.5. The topological polar surface area (TPSA) is 204 Å². The molecule has 1 heterocycles. The van der Waals surface area contributed by atoms with E-state index in [2.05, 4.69) is 20.9 Å². The van der Waals surface area contributed by atoms with E-state index >= 15 is 0 Å². The first kappa shape index (κ1) is 27.3. The van der Waals surface area contributed by atoms with Gasteiger partial charge in [0, 0.05) is 29.9 Å². The van der Waals surface area contributed by atoms with Crippen molar-refractivity contribution in [3.8, 4) is 0 Å². The third-order valence-corrected chi connectivity index (χ3v) is 5.44. The van der Waals surface area contributed by atoms with Crippen LogP contribution in [-0.2, 0) is 30.4 Å². The van der Waals surface area contributed by atoms with E-state index in [0.29, 0.717) is 5.56 Å². The van der Waals surface area contributed by atoms with Crippen LogP contribution in [0.3, 0.4) is 0 Å². The minimum atomic E-state index is -1.46. The molecule has 2 rings (SSSR count). The zero-order chi connectivity index (χ0) is 26.1. The molecule has 12 nitrogen and oxygen atoms in total. The molecule has 3 atom stereocenters. The second-order valence-corrected chi connectivity index (χ2v) is 8.45. The van der Waals surface area contributed by atoms with Crippen molar-refractivity contribution in [1.29, 1.82) is 0 Å². The number of benzene rings is 1. The van der Waals surface area contributed by atoms with Crippen LogP contribution in [0.5, 0.6) is 0 Å². The predicted octanol–water partition coefficient (Wildman–Crippen LogP) is -0.271. The van der Waals surface area contributed by atoms with Crippen LogP contribution in [0, 0.1) is 5.92 Å². The molecule has 190 valence electrons. The number of carbonyl (C=O) groups excluding carboxylic acids is 3. The van der Waals surface area contributed by atoms with E-state index < -0.39 is 54.2 Å². The van der Waals surface area contributed by atoms with E-state index in [1.165, 1.54) is 0 Å². The van der Waals surface area contributed by atoms with Gasteiger partial charge >= 0.3 is 11.9 Å². The van der Waals surface area contributed by atoms with Gasteiger partial charge in [-0.2, -0.15) is 0 Å². The molecule has 2 aromatic rings. The first-order chi connectivity index (χ1) is 16.5. The molecule has 3 amide bonds. The highest BCUT2D eigenvalue weighted by atomic mass is 16.4. The Bertz CT molecular complexity index is 1080. The van der Waals surface area contributed by atoms with Crippen molar-refractivity contribution >= 4 is 40.6 Å². The van der Waals surface area contributed by atoms with E-state index in [4.69, 9.17) is 10.8 Å². The Kier molecular flexibility index (Phi) is 9.76. The monoisotopic (exact) mass is 489 g/mol. The molecular weight excluding hydrogens is 458 g/mol. The van der Waals surface area contributed by atoms with E-state index in [9.17, 15) is 29.1 Å². The van der Waals surface area contributed by atoms with Gasteiger partial charge in [-0.3, -0.25) is 19.2 Å². The molecule has 0 spiro atoms. The summed E-state index contributed by atoms with van der Waals surface area (Å²) >= 11 is 0. The Morgan fingerprint density at radius 1 is 0.971 bits per heavy atom. The second kappa shape index (κ2) is 12.5. The van der Waals surface area contributed by atoms with Crippen LogP contribution in [0.15, 0.2) is 30.5 Å². The number of aliphatic carboxylic acids is 2. The molecule has 0 aliphatic carbocycles. The quantitative estimate of drug-likeness (QED) is 0.199. The molecule has 0 fully saturated rings. The fourth-order valence-corrected chi connectivity index (χ4v) is 3.56. The van der Waals surface area contributed by atoms with E-state index in [1.807, 2.05) is 24.3 Å². The van der Waals surface area contributed by atoms with Crippen molar-refractivity contribution < 1.29 is 34.2 Å². The number of para-hydroxylation sites is 1.